The molecule has 59 heavy (non-hydrogen) atoms. The molecular weight excluding hydrogens is 765 g/mol. The number of fused-ring (bicyclic) bond motifs is 2. The fourth-order valence-electron chi connectivity index (χ4n) is 8.84. The van der Waals surface area contributed by atoms with Gasteiger partial charge in [-0.1, -0.05) is 0 Å². The summed E-state index contributed by atoms with van der Waals surface area (Å²) in [4.78, 5) is 58.4. The lowest BCUT2D eigenvalue weighted by Gasteiger charge is -2.25. The molecule has 18 heteroatoms. The van der Waals surface area contributed by atoms with Crippen LogP contribution in [0.1, 0.15) is 69.0 Å². The summed E-state index contributed by atoms with van der Waals surface area (Å²) in [5.41, 5.74) is -0.00729. The van der Waals surface area contributed by atoms with Gasteiger partial charge in [-0.3, -0.25) is 23.7 Å². The van der Waals surface area contributed by atoms with Crippen molar-refractivity contribution in [2.75, 3.05) is 82.2 Å². The van der Waals surface area contributed by atoms with E-state index in [2.05, 4.69) is 27.3 Å². The van der Waals surface area contributed by atoms with Crippen molar-refractivity contribution in [1.82, 2.24) is 29.0 Å². The Labute approximate surface area is 338 Å². The molecule has 4 heterocycles. The molecule has 314 valence electrons. The second-order valence-corrected chi connectivity index (χ2v) is 16.3. The lowest BCUT2D eigenvalue weighted by atomic mass is 10.1. The largest absolute Gasteiger partial charge is 0.492 e. The summed E-state index contributed by atoms with van der Waals surface area (Å²) in [5.74, 6) is 5.59. The quantitative estimate of drug-likeness (QED) is 0.132. The Balaban J connectivity index is 0.000000180. The van der Waals surface area contributed by atoms with Crippen LogP contribution in [0.25, 0.3) is 21.8 Å². The van der Waals surface area contributed by atoms with Crippen molar-refractivity contribution < 1.29 is 13.5 Å². The lowest BCUT2D eigenvalue weighted by Crippen LogP contribution is -2.44. The van der Waals surface area contributed by atoms with Gasteiger partial charge in [0.2, 0.25) is 0 Å². The summed E-state index contributed by atoms with van der Waals surface area (Å²) in [5, 5.41) is 20.9. The van der Waals surface area contributed by atoms with Gasteiger partial charge in [-0.2, -0.15) is 15.2 Å². The number of benzene rings is 2. The second-order valence-electron chi connectivity index (χ2n) is 16.3. The SMILES string of the molecule is COc1c(N2CCC(CN(C)CCC#N)C2)c(F)cc2c(=O)n(N)c(=O)n(C3CC3)c12.Cc1c(N2CCC(CNCCC#N)C2)c(F)cc2c(=O)[nH]c(=O)n(C3CC3)c12. The Morgan fingerprint density at radius 3 is 2.15 bits per heavy atom. The van der Waals surface area contributed by atoms with E-state index in [1.807, 2.05) is 16.8 Å². The predicted octanol–water partition coefficient (Wildman–Crippen LogP) is 2.83. The van der Waals surface area contributed by atoms with Crippen molar-refractivity contribution in [2.45, 2.75) is 70.4 Å². The van der Waals surface area contributed by atoms with E-state index < -0.39 is 34.1 Å². The topological polar surface area (TPSA) is 203 Å². The van der Waals surface area contributed by atoms with E-state index in [-0.39, 0.29) is 34.3 Å². The third kappa shape index (κ3) is 8.29. The van der Waals surface area contributed by atoms with Crippen LogP contribution in [0.4, 0.5) is 20.2 Å². The zero-order chi connectivity index (χ0) is 42.1. The first-order valence-corrected chi connectivity index (χ1v) is 20.3. The number of anilines is 2. The maximum atomic E-state index is 15.3. The molecule has 4 N–H and O–H groups in total. The summed E-state index contributed by atoms with van der Waals surface area (Å²) in [7, 11) is 3.40. The van der Waals surface area contributed by atoms with Gasteiger partial charge in [0.25, 0.3) is 11.1 Å². The van der Waals surface area contributed by atoms with E-state index in [9.17, 15) is 19.2 Å². The number of nitrogens with zero attached hydrogens (tertiary/aromatic N) is 8. The molecule has 2 atom stereocenters. The van der Waals surface area contributed by atoms with E-state index in [1.165, 1.54) is 23.8 Å². The number of H-pyrrole nitrogens is 1. The summed E-state index contributed by atoms with van der Waals surface area (Å²) in [6, 6.07) is 6.71. The molecule has 4 fully saturated rings. The van der Waals surface area contributed by atoms with E-state index in [1.54, 1.807) is 11.5 Å². The number of halogens is 2. The molecular formula is C41H51F2N11O5. The van der Waals surface area contributed by atoms with Gasteiger partial charge in [0.1, 0.15) is 17.0 Å². The Morgan fingerprint density at radius 1 is 0.881 bits per heavy atom. The number of aromatic nitrogens is 4. The number of rotatable bonds is 13. The average Bonchev–Trinajstić information content (AvgIpc) is 4.14. The molecule has 2 aliphatic heterocycles. The van der Waals surface area contributed by atoms with E-state index in [4.69, 9.17) is 21.1 Å². The highest BCUT2D eigenvalue weighted by Gasteiger charge is 2.35. The first kappa shape index (κ1) is 41.4. The Kier molecular flexibility index (Phi) is 12.1. The monoisotopic (exact) mass is 815 g/mol. The number of methoxy groups -OCH3 is 1. The molecule has 2 aromatic carbocycles. The Bertz CT molecular complexity index is 2580. The molecule has 0 radical (unpaired) electrons. The van der Waals surface area contributed by atoms with Crippen LogP contribution in [0.15, 0.2) is 31.3 Å². The summed E-state index contributed by atoms with van der Waals surface area (Å²) in [6.07, 6.45) is 6.13. The van der Waals surface area contributed by atoms with Crippen LogP contribution in [0.5, 0.6) is 5.75 Å². The average molecular weight is 816 g/mol. The molecule has 2 aliphatic carbocycles. The van der Waals surface area contributed by atoms with Crippen molar-refractivity contribution in [1.29, 1.82) is 10.5 Å². The van der Waals surface area contributed by atoms with Gasteiger partial charge in [-0.25, -0.2) is 18.4 Å². The van der Waals surface area contributed by atoms with Crippen LogP contribution in [0.2, 0.25) is 0 Å². The van der Waals surface area contributed by atoms with Crippen molar-refractivity contribution in [2.24, 2.45) is 11.8 Å². The standard InChI is InChI=1S/C21H27FN6O3.C20H24FN5O2/c1-25(8-3-7-23)11-13-6-9-26(12-13)18-16(22)10-15-17(19(18)31-2)27(14-4-5-14)21(30)28(24)20(15)29;1-12-17-15(19(27)24-20(28)26(17)14-3-4-14)9-16(21)18(12)25-8-5-13(11-25)10-23-7-2-6-22/h10,13-14H,3-6,8-9,11-12,24H2,1-2H3;9,13-14,23H,2-5,7-8,10-11H2,1H3,(H,24,27,28). The number of hydrogen-bond donors (Lipinski definition) is 3. The zero-order valence-electron chi connectivity index (χ0n) is 33.7. The Morgan fingerprint density at radius 2 is 1.49 bits per heavy atom. The van der Waals surface area contributed by atoms with Crippen LogP contribution in [0, 0.1) is 53.1 Å². The van der Waals surface area contributed by atoms with Gasteiger partial charge in [0, 0.05) is 76.3 Å². The minimum absolute atomic E-state index is 0.0408. The fraction of sp³-hybridized carbons (Fsp3) is 0.561. The fourth-order valence-corrected chi connectivity index (χ4v) is 8.84. The summed E-state index contributed by atoms with van der Waals surface area (Å²) < 4.78 is 39.6. The lowest BCUT2D eigenvalue weighted by molar-refractivity contribution is 0.292. The number of nitrogen functional groups attached to an aromatic ring is 1. The molecule has 2 unspecified atom stereocenters. The first-order chi connectivity index (χ1) is 28.4. The number of aryl methyl sites for hydroxylation is 1. The van der Waals surface area contributed by atoms with Crippen molar-refractivity contribution >= 4 is 33.2 Å². The van der Waals surface area contributed by atoms with Crippen LogP contribution in [-0.4, -0.2) is 90.2 Å². The van der Waals surface area contributed by atoms with Crippen LogP contribution >= 0.6 is 0 Å². The maximum Gasteiger partial charge on any atom is 0.350 e. The van der Waals surface area contributed by atoms with Gasteiger partial charge in [-0.05, 0) is 83.0 Å². The zero-order valence-corrected chi connectivity index (χ0v) is 33.7. The molecule has 4 aliphatic rings. The summed E-state index contributed by atoms with van der Waals surface area (Å²) >= 11 is 0. The molecule has 0 bridgehead atoms. The molecule has 0 amide bonds. The number of aromatic amines is 1. The third-order valence-electron chi connectivity index (χ3n) is 11.9. The van der Waals surface area contributed by atoms with Crippen molar-refractivity contribution in [3.8, 4) is 17.9 Å². The molecule has 2 saturated heterocycles. The molecule has 2 saturated carbocycles. The van der Waals surface area contributed by atoms with Gasteiger partial charge in [0.15, 0.2) is 11.6 Å². The number of nitrogens with two attached hydrogens (primary N) is 1. The Hall–Kier alpha value is -5.72. The number of ether oxygens (including phenoxy) is 1. The van der Waals surface area contributed by atoms with Crippen molar-refractivity contribution in [3.63, 3.8) is 0 Å². The van der Waals surface area contributed by atoms with Gasteiger partial charge < -0.3 is 30.6 Å². The number of hydrogen-bond acceptors (Lipinski definition) is 12. The van der Waals surface area contributed by atoms with Gasteiger partial charge in [0.05, 0.1) is 41.2 Å². The minimum atomic E-state index is -0.737. The second kappa shape index (κ2) is 17.2. The maximum absolute atomic E-state index is 15.3. The van der Waals surface area contributed by atoms with E-state index in [0.717, 1.165) is 58.2 Å². The highest BCUT2D eigenvalue weighted by molar-refractivity contribution is 5.91. The third-order valence-corrected chi connectivity index (χ3v) is 11.9. The van der Waals surface area contributed by atoms with Crippen LogP contribution < -0.4 is 48.2 Å². The molecule has 16 nitrogen and oxygen atoms in total. The summed E-state index contributed by atoms with van der Waals surface area (Å²) in [6.45, 7) is 7.45. The van der Waals surface area contributed by atoms with E-state index >= 15 is 8.78 Å². The number of nitriles is 2. The van der Waals surface area contributed by atoms with E-state index in [0.29, 0.717) is 84.4 Å². The van der Waals surface area contributed by atoms with Crippen molar-refractivity contribution in [3.05, 3.63) is 71.0 Å². The number of nitrogens with one attached hydrogen (secondary N) is 2. The minimum Gasteiger partial charge on any atom is -0.492 e. The molecule has 4 aromatic rings. The van der Waals surface area contributed by atoms with Crippen LogP contribution in [-0.2, 0) is 0 Å². The molecule has 0 spiro atoms. The molecule has 2 aromatic heterocycles. The molecule has 8 rings (SSSR count). The predicted molar refractivity (Wildman–Crippen MR) is 221 cm³/mol. The van der Waals surface area contributed by atoms with Gasteiger partial charge >= 0.3 is 11.4 Å². The normalized spacial score (nSPS) is 19.0. The highest BCUT2D eigenvalue weighted by atomic mass is 19.1. The van der Waals surface area contributed by atoms with Gasteiger partial charge in [-0.15, -0.1) is 0 Å². The van der Waals surface area contributed by atoms with Crippen LogP contribution in [0.3, 0.4) is 0 Å². The smallest absolute Gasteiger partial charge is 0.350 e. The first-order valence-electron chi connectivity index (χ1n) is 20.3. The highest BCUT2D eigenvalue weighted by Crippen LogP contribution is 2.44.